The number of rotatable bonds is 6. The van der Waals surface area contributed by atoms with E-state index in [9.17, 15) is 0 Å². The summed E-state index contributed by atoms with van der Waals surface area (Å²) in [5, 5.41) is 7.38. The minimum absolute atomic E-state index is 0.187. The van der Waals surface area contributed by atoms with E-state index >= 15 is 0 Å². The average Bonchev–Trinajstić information content (AvgIpc) is 2.90. The topological polar surface area (TPSA) is 98.0 Å². The summed E-state index contributed by atoms with van der Waals surface area (Å²) < 4.78 is 4.99. The molecular weight excluding hydrogens is 264 g/mol. The number of hydrazine groups is 1. The summed E-state index contributed by atoms with van der Waals surface area (Å²) in [5.74, 6) is 5.99. The Morgan fingerprint density at radius 2 is 2.16 bits per heavy atom. The van der Waals surface area contributed by atoms with Crippen LogP contribution < -0.4 is 21.3 Å². The first-order chi connectivity index (χ1) is 9.21. The Balaban J connectivity index is 2.05. The Kier molecular flexibility index (Phi) is 4.48. The largest absolute Gasteiger partial charge is 0.467 e. The minimum atomic E-state index is 0.187. The summed E-state index contributed by atoms with van der Waals surface area (Å²) in [6, 6.07) is 2.50. The number of nitrogens with zero attached hydrogens (tertiary/aromatic N) is 3. The second kappa shape index (κ2) is 6.30. The van der Waals surface area contributed by atoms with E-state index in [2.05, 4.69) is 49.4 Å². The van der Waals surface area contributed by atoms with Crippen molar-refractivity contribution in [3.8, 4) is 6.01 Å². The van der Waals surface area contributed by atoms with Crippen LogP contribution in [0.2, 0.25) is 0 Å². The maximum Gasteiger partial charge on any atom is 0.322 e. The summed E-state index contributed by atoms with van der Waals surface area (Å²) in [5.41, 5.74) is 3.66. The fourth-order valence-electron chi connectivity index (χ4n) is 1.61. The molecule has 102 valence electrons. The molecule has 0 amide bonds. The van der Waals surface area contributed by atoms with Crippen LogP contribution in [0.25, 0.3) is 0 Å². The molecule has 0 aromatic carbocycles. The molecule has 8 heteroatoms. The smallest absolute Gasteiger partial charge is 0.322 e. The quantitative estimate of drug-likeness (QED) is 0.541. The van der Waals surface area contributed by atoms with Crippen LogP contribution in [0.1, 0.15) is 12.5 Å². The standard InChI is InChI=1S/C11H16N6OS/c1-7(5-8-3-4-19-6-8)13-9-14-10(17-12)16-11(15-9)18-2/h3-4,6-7H,5,12H2,1-2H3,(H2,13,14,15,16,17). The van der Waals surface area contributed by atoms with Gasteiger partial charge in [-0.3, -0.25) is 5.43 Å². The number of methoxy groups -OCH3 is 1. The number of nitrogen functional groups attached to an aromatic ring is 1. The molecule has 2 aromatic heterocycles. The fraction of sp³-hybridized carbons (Fsp3) is 0.364. The number of hydrogen-bond acceptors (Lipinski definition) is 8. The van der Waals surface area contributed by atoms with Gasteiger partial charge in [0.25, 0.3) is 0 Å². The Bertz CT molecular complexity index is 496. The molecule has 0 spiro atoms. The van der Waals surface area contributed by atoms with E-state index in [1.165, 1.54) is 12.7 Å². The first-order valence-corrected chi connectivity index (χ1v) is 6.70. The predicted octanol–water partition coefficient (Wildman–Crippen LogP) is 1.27. The number of anilines is 2. The third-order valence-corrected chi connectivity index (χ3v) is 3.16. The lowest BCUT2D eigenvalue weighted by Crippen LogP contribution is -2.21. The highest BCUT2D eigenvalue weighted by Gasteiger charge is 2.09. The van der Waals surface area contributed by atoms with Crippen molar-refractivity contribution >= 4 is 23.2 Å². The van der Waals surface area contributed by atoms with Crippen LogP contribution in [0.3, 0.4) is 0 Å². The molecule has 0 aliphatic carbocycles. The zero-order chi connectivity index (χ0) is 13.7. The van der Waals surface area contributed by atoms with Crippen LogP contribution in [0.15, 0.2) is 16.8 Å². The van der Waals surface area contributed by atoms with E-state index in [4.69, 9.17) is 10.6 Å². The molecule has 0 saturated carbocycles. The van der Waals surface area contributed by atoms with Crippen molar-refractivity contribution in [2.45, 2.75) is 19.4 Å². The van der Waals surface area contributed by atoms with Gasteiger partial charge in [-0.25, -0.2) is 5.84 Å². The number of nitrogens with two attached hydrogens (primary N) is 1. The van der Waals surface area contributed by atoms with Crippen molar-refractivity contribution < 1.29 is 4.74 Å². The van der Waals surface area contributed by atoms with Gasteiger partial charge in [0.05, 0.1) is 7.11 Å². The van der Waals surface area contributed by atoms with Crippen molar-refractivity contribution in [1.29, 1.82) is 0 Å². The van der Waals surface area contributed by atoms with E-state index < -0.39 is 0 Å². The first-order valence-electron chi connectivity index (χ1n) is 5.75. The molecule has 7 nitrogen and oxygen atoms in total. The monoisotopic (exact) mass is 280 g/mol. The average molecular weight is 280 g/mol. The van der Waals surface area contributed by atoms with Gasteiger partial charge in [-0.05, 0) is 35.7 Å². The molecule has 1 unspecified atom stereocenters. The molecule has 0 aliphatic heterocycles. The maximum atomic E-state index is 5.30. The van der Waals surface area contributed by atoms with Gasteiger partial charge in [0, 0.05) is 6.04 Å². The number of thiophene rings is 1. The first kappa shape index (κ1) is 13.5. The van der Waals surface area contributed by atoms with Crippen LogP contribution in [0.4, 0.5) is 11.9 Å². The third-order valence-electron chi connectivity index (χ3n) is 2.42. The molecule has 0 bridgehead atoms. The summed E-state index contributed by atoms with van der Waals surface area (Å²) in [7, 11) is 1.49. The molecule has 0 aliphatic rings. The zero-order valence-electron chi connectivity index (χ0n) is 10.8. The Hall–Kier alpha value is -1.93. The maximum absolute atomic E-state index is 5.30. The van der Waals surface area contributed by atoms with Gasteiger partial charge in [0.1, 0.15) is 0 Å². The Labute approximate surface area is 115 Å². The van der Waals surface area contributed by atoms with Crippen LogP contribution in [-0.4, -0.2) is 28.1 Å². The van der Waals surface area contributed by atoms with Gasteiger partial charge in [-0.2, -0.15) is 26.3 Å². The van der Waals surface area contributed by atoms with Crippen LogP contribution in [0, 0.1) is 0 Å². The lowest BCUT2D eigenvalue weighted by Gasteiger charge is -2.13. The molecule has 2 heterocycles. The predicted molar refractivity (Wildman–Crippen MR) is 75.3 cm³/mol. The number of hydrogen-bond donors (Lipinski definition) is 3. The summed E-state index contributed by atoms with van der Waals surface area (Å²) in [6.07, 6.45) is 0.892. The minimum Gasteiger partial charge on any atom is -0.467 e. The normalized spacial score (nSPS) is 11.9. The molecule has 1 atom stereocenters. The molecular formula is C11H16N6OS. The van der Waals surface area contributed by atoms with E-state index in [1.807, 2.05) is 0 Å². The van der Waals surface area contributed by atoms with Crippen LogP contribution in [-0.2, 0) is 6.42 Å². The zero-order valence-corrected chi connectivity index (χ0v) is 11.6. The Morgan fingerprint density at radius 3 is 2.79 bits per heavy atom. The van der Waals surface area contributed by atoms with E-state index in [0.717, 1.165) is 6.42 Å². The summed E-state index contributed by atoms with van der Waals surface area (Å²) in [4.78, 5) is 12.2. The third kappa shape index (κ3) is 3.76. The van der Waals surface area contributed by atoms with Gasteiger partial charge < -0.3 is 10.1 Å². The van der Waals surface area contributed by atoms with E-state index in [-0.39, 0.29) is 18.0 Å². The number of aromatic nitrogens is 3. The van der Waals surface area contributed by atoms with Crippen molar-refractivity contribution in [2.75, 3.05) is 17.9 Å². The molecule has 2 aromatic rings. The number of ether oxygens (including phenoxy) is 1. The lowest BCUT2D eigenvalue weighted by molar-refractivity contribution is 0.379. The molecule has 19 heavy (non-hydrogen) atoms. The SMILES string of the molecule is COc1nc(NN)nc(NC(C)Cc2ccsc2)n1. The van der Waals surface area contributed by atoms with Gasteiger partial charge >= 0.3 is 6.01 Å². The number of nitrogens with one attached hydrogen (secondary N) is 2. The van der Waals surface area contributed by atoms with Crippen molar-refractivity contribution in [3.63, 3.8) is 0 Å². The van der Waals surface area contributed by atoms with Crippen molar-refractivity contribution in [1.82, 2.24) is 15.0 Å². The summed E-state index contributed by atoms with van der Waals surface area (Å²) >= 11 is 1.68. The van der Waals surface area contributed by atoms with E-state index in [1.54, 1.807) is 11.3 Å². The van der Waals surface area contributed by atoms with Crippen molar-refractivity contribution in [2.24, 2.45) is 5.84 Å². The second-order valence-corrected chi connectivity index (χ2v) is 4.77. The molecule has 4 N–H and O–H groups in total. The highest BCUT2D eigenvalue weighted by atomic mass is 32.1. The second-order valence-electron chi connectivity index (χ2n) is 3.99. The fourth-order valence-corrected chi connectivity index (χ4v) is 2.29. The lowest BCUT2D eigenvalue weighted by atomic mass is 10.1. The van der Waals surface area contributed by atoms with E-state index in [0.29, 0.717) is 5.95 Å². The van der Waals surface area contributed by atoms with Gasteiger partial charge in [0.15, 0.2) is 0 Å². The van der Waals surface area contributed by atoms with Gasteiger partial charge in [-0.1, -0.05) is 0 Å². The Morgan fingerprint density at radius 1 is 1.37 bits per heavy atom. The van der Waals surface area contributed by atoms with Gasteiger partial charge in [-0.15, -0.1) is 0 Å². The van der Waals surface area contributed by atoms with Gasteiger partial charge in [0.2, 0.25) is 11.9 Å². The highest BCUT2D eigenvalue weighted by Crippen LogP contribution is 2.13. The van der Waals surface area contributed by atoms with Crippen molar-refractivity contribution in [3.05, 3.63) is 22.4 Å². The van der Waals surface area contributed by atoms with Crippen LogP contribution in [0.5, 0.6) is 6.01 Å². The molecule has 0 saturated heterocycles. The molecule has 0 fully saturated rings. The highest BCUT2D eigenvalue weighted by molar-refractivity contribution is 7.07. The summed E-state index contributed by atoms with van der Waals surface area (Å²) in [6.45, 7) is 2.06. The molecule has 0 radical (unpaired) electrons. The van der Waals surface area contributed by atoms with Crippen LogP contribution >= 0.6 is 11.3 Å². The molecule has 2 rings (SSSR count).